The number of aromatic nitrogens is 3. The molecule has 142 valence electrons. The van der Waals surface area contributed by atoms with Gasteiger partial charge in [0.1, 0.15) is 5.82 Å². The van der Waals surface area contributed by atoms with Crippen LogP contribution in [0.5, 0.6) is 0 Å². The van der Waals surface area contributed by atoms with Gasteiger partial charge in [0.05, 0.1) is 0 Å². The number of nitrogens with one attached hydrogen (secondary N) is 2. The van der Waals surface area contributed by atoms with Gasteiger partial charge in [0.15, 0.2) is 11.6 Å². The number of hydrogen-bond acceptors (Lipinski definition) is 3. The summed E-state index contributed by atoms with van der Waals surface area (Å²) in [5.41, 5.74) is 1.32. The van der Waals surface area contributed by atoms with Crippen molar-refractivity contribution in [3.05, 3.63) is 30.2 Å². The van der Waals surface area contributed by atoms with Crippen LogP contribution in [0, 0.1) is 11.3 Å². The van der Waals surface area contributed by atoms with Crippen LogP contribution in [0.1, 0.15) is 52.3 Å². The Morgan fingerprint density at radius 2 is 2.12 bits per heavy atom. The normalized spacial score (nSPS) is 16.7. The van der Waals surface area contributed by atoms with Gasteiger partial charge >= 0.3 is 0 Å². The van der Waals surface area contributed by atoms with Gasteiger partial charge in [-0.2, -0.15) is 0 Å². The molecule has 0 bridgehead atoms. The first-order valence-electron chi connectivity index (χ1n) is 9.93. The first-order valence-corrected chi connectivity index (χ1v) is 9.93. The van der Waals surface area contributed by atoms with Crippen LogP contribution in [-0.2, 0) is 6.42 Å². The van der Waals surface area contributed by atoms with E-state index in [1.807, 2.05) is 28.8 Å². The van der Waals surface area contributed by atoms with Crippen molar-refractivity contribution in [2.75, 3.05) is 19.6 Å². The second kappa shape index (κ2) is 8.52. The molecule has 2 aromatic rings. The summed E-state index contributed by atoms with van der Waals surface area (Å²) in [5.74, 6) is 2.62. The van der Waals surface area contributed by atoms with E-state index in [4.69, 9.17) is 4.99 Å². The van der Waals surface area contributed by atoms with Gasteiger partial charge in [-0.15, -0.1) is 10.2 Å². The molecule has 0 aliphatic heterocycles. The molecule has 0 atom stereocenters. The molecule has 2 aromatic heterocycles. The molecule has 6 heteroatoms. The fourth-order valence-electron chi connectivity index (χ4n) is 3.91. The van der Waals surface area contributed by atoms with Crippen molar-refractivity contribution in [3.63, 3.8) is 0 Å². The highest BCUT2D eigenvalue weighted by Crippen LogP contribution is 2.46. The minimum atomic E-state index is 0.430. The molecule has 0 radical (unpaired) electrons. The van der Waals surface area contributed by atoms with Crippen molar-refractivity contribution in [1.82, 2.24) is 25.2 Å². The summed E-state index contributed by atoms with van der Waals surface area (Å²) in [7, 11) is 0. The molecule has 1 aliphatic rings. The smallest absolute Gasteiger partial charge is 0.191 e. The maximum atomic E-state index is 4.89. The predicted octanol–water partition coefficient (Wildman–Crippen LogP) is 3.04. The molecule has 0 spiro atoms. The molecule has 2 heterocycles. The number of rotatable bonds is 8. The summed E-state index contributed by atoms with van der Waals surface area (Å²) < 4.78 is 2.04. The minimum absolute atomic E-state index is 0.430. The van der Waals surface area contributed by atoms with Crippen LogP contribution >= 0.6 is 0 Å². The monoisotopic (exact) mass is 356 g/mol. The van der Waals surface area contributed by atoms with E-state index in [1.165, 1.54) is 25.7 Å². The van der Waals surface area contributed by atoms with Crippen LogP contribution in [0.2, 0.25) is 0 Å². The minimum Gasteiger partial charge on any atom is -0.357 e. The zero-order valence-corrected chi connectivity index (χ0v) is 16.3. The van der Waals surface area contributed by atoms with Crippen molar-refractivity contribution in [3.8, 4) is 0 Å². The van der Waals surface area contributed by atoms with Gasteiger partial charge in [-0.05, 0) is 49.7 Å². The van der Waals surface area contributed by atoms with Gasteiger partial charge in [-0.25, -0.2) is 0 Å². The Kier molecular flexibility index (Phi) is 6.12. The predicted molar refractivity (Wildman–Crippen MR) is 106 cm³/mol. The van der Waals surface area contributed by atoms with Crippen LogP contribution in [0.4, 0.5) is 0 Å². The maximum Gasteiger partial charge on any atom is 0.191 e. The average Bonchev–Trinajstić information content (AvgIpc) is 3.00. The average molecular weight is 357 g/mol. The first-order chi connectivity index (χ1) is 12.6. The lowest BCUT2D eigenvalue weighted by Gasteiger charge is -2.42. The lowest BCUT2D eigenvalue weighted by Crippen LogP contribution is -2.41. The van der Waals surface area contributed by atoms with E-state index < -0.39 is 0 Å². The zero-order valence-electron chi connectivity index (χ0n) is 16.3. The van der Waals surface area contributed by atoms with Gasteiger partial charge in [-0.3, -0.25) is 9.39 Å². The Hall–Kier alpha value is -2.11. The standard InChI is InChI=1S/C20H32N6/c1-4-21-19(23-15-20(10-7-11-20)14-16(2)3)22-12-9-18-25-24-17-8-5-6-13-26(17)18/h5-6,8,13,16H,4,7,9-12,14-15H2,1-3H3,(H2,21,22,23). The lowest BCUT2D eigenvalue weighted by molar-refractivity contribution is 0.111. The Morgan fingerprint density at radius 1 is 1.27 bits per heavy atom. The van der Waals surface area contributed by atoms with E-state index >= 15 is 0 Å². The van der Waals surface area contributed by atoms with Crippen molar-refractivity contribution < 1.29 is 0 Å². The van der Waals surface area contributed by atoms with Gasteiger partial charge in [-0.1, -0.05) is 26.3 Å². The number of guanidine groups is 1. The Morgan fingerprint density at radius 3 is 2.81 bits per heavy atom. The van der Waals surface area contributed by atoms with E-state index in [1.54, 1.807) is 0 Å². The molecule has 26 heavy (non-hydrogen) atoms. The largest absolute Gasteiger partial charge is 0.357 e. The Labute approximate surface area is 156 Å². The van der Waals surface area contributed by atoms with Gasteiger partial charge in [0.25, 0.3) is 0 Å². The SMILES string of the molecule is CCNC(=NCC1(CC(C)C)CCC1)NCCc1nnc2ccccn12. The molecule has 6 nitrogen and oxygen atoms in total. The summed E-state index contributed by atoms with van der Waals surface area (Å²) in [4.78, 5) is 4.89. The zero-order chi connectivity index (χ0) is 18.4. The molecule has 3 rings (SSSR count). The summed E-state index contributed by atoms with van der Waals surface area (Å²) in [6, 6.07) is 5.96. The number of nitrogens with zero attached hydrogens (tertiary/aromatic N) is 4. The second-order valence-corrected chi connectivity index (χ2v) is 7.87. The Balaban J connectivity index is 1.56. The van der Waals surface area contributed by atoms with Crippen LogP contribution in [-0.4, -0.2) is 40.2 Å². The molecule has 1 aliphatic carbocycles. The second-order valence-electron chi connectivity index (χ2n) is 7.87. The molecule has 1 fully saturated rings. The van der Waals surface area contributed by atoms with Crippen molar-refractivity contribution in [1.29, 1.82) is 0 Å². The van der Waals surface area contributed by atoms with E-state index in [2.05, 4.69) is 41.6 Å². The summed E-state index contributed by atoms with van der Waals surface area (Å²) >= 11 is 0. The van der Waals surface area contributed by atoms with Gasteiger partial charge in [0.2, 0.25) is 0 Å². The number of hydrogen-bond donors (Lipinski definition) is 2. The molecule has 1 saturated carbocycles. The highest BCUT2D eigenvalue weighted by atomic mass is 15.2. The highest BCUT2D eigenvalue weighted by Gasteiger charge is 2.37. The molecule has 0 saturated heterocycles. The number of pyridine rings is 1. The van der Waals surface area contributed by atoms with Gasteiger partial charge < -0.3 is 10.6 Å². The maximum absolute atomic E-state index is 4.89. The van der Waals surface area contributed by atoms with Crippen LogP contribution in [0.15, 0.2) is 29.4 Å². The van der Waals surface area contributed by atoms with Crippen molar-refractivity contribution in [2.45, 2.75) is 52.9 Å². The van der Waals surface area contributed by atoms with E-state index in [9.17, 15) is 0 Å². The number of fused-ring (bicyclic) bond motifs is 1. The molecule has 0 unspecified atom stereocenters. The third kappa shape index (κ3) is 4.54. The third-order valence-electron chi connectivity index (χ3n) is 5.20. The van der Waals surface area contributed by atoms with Crippen molar-refractivity contribution >= 4 is 11.6 Å². The van der Waals surface area contributed by atoms with Crippen LogP contribution in [0.25, 0.3) is 5.65 Å². The fraction of sp³-hybridized carbons (Fsp3) is 0.650. The molecule has 0 amide bonds. The summed E-state index contributed by atoms with van der Waals surface area (Å²) in [6.45, 7) is 9.33. The first kappa shape index (κ1) is 18.7. The summed E-state index contributed by atoms with van der Waals surface area (Å²) in [5, 5.41) is 15.3. The quantitative estimate of drug-likeness (QED) is 0.563. The van der Waals surface area contributed by atoms with Gasteiger partial charge in [0, 0.05) is 32.3 Å². The topological polar surface area (TPSA) is 66.6 Å². The van der Waals surface area contributed by atoms with E-state index in [-0.39, 0.29) is 0 Å². The molecular formula is C20H32N6. The lowest BCUT2D eigenvalue weighted by atomic mass is 9.64. The molecular weight excluding hydrogens is 324 g/mol. The third-order valence-corrected chi connectivity index (χ3v) is 5.20. The number of aliphatic imine (C=N–C) groups is 1. The van der Waals surface area contributed by atoms with Crippen molar-refractivity contribution in [2.24, 2.45) is 16.3 Å². The molecule has 0 aromatic carbocycles. The van der Waals surface area contributed by atoms with Crippen LogP contribution < -0.4 is 10.6 Å². The fourth-order valence-corrected chi connectivity index (χ4v) is 3.91. The highest BCUT2D eigenvalue weighted by molar-refractivity contribution is 5.79. The van der Waals surface area contributed by atoms with Crippen LogP contribution in [0.3, 0.4) is 0 Å². The summed E-state index contributed by atoms with van der Waals surface area (Å²) in [6.07, 6.45) is 8.09. The molecule has 2 N–H and O–H groups in total. The van der Waals surface area contributed by atoms with E-state index in [0.717, 1.165) is 49.4 Å². The Bertz CT molecular complexity index is 729. The van der Waals surface area contributed by atoms with E-state index in [0.29, 0.717) is 5.41 Å².